The second-order valence-electron chi connectivity index (χ2n) is 9.70. The largest absolute Gasteiger partial charge is 0.508 e. The first-order chi connectivity index (χ1) is 14.9. The van der Waals surface area contributed by atoms with Crippen LogP contribution in [0.2, 0.25) is 0 Å². The molecule has 0 saturated carbocycles. The lowest BCUT2D eigenvalue weighted by Crippen LogP contribution is -2.48. The van der Waals surface area contributed by atoms with Crippen LogP contribution >= 0.6 is 0 Å². The summed E-state index contributed by atoms with van der Waals surface area (Å²) in [5, 5.41) is 9.61. The molecule has 0 spiro atoms. The van der Waals surface area contributed by atoms with Crippen LogP contribution < -0.4 is 0 Å². The fourth-order valence-electron chi connectivity index (χ4n) is 4.00. The highest BCUT2D eigenvalue weighted by molar-refractivity contribution is 5.60. The van der Waals surface area contributed by atoms with Gasteiger partial charge in [-0.15, -0.1) is 6.58 Å². The Kier molecular flexibility index (Phi) is 10.9. The molecule has 1 aromatic carbocycles. The molecule has 32 heavy (non-hydrogen) atoms. The SMILES string of the molecule is C=CC(CC)(CCOC(C)(C)Cc1ccccc1)C(C)(CC)OC(=O)OCC(C)C(C)O. The van der Waals surface area contributed by atoms with Gasteiger partial charge >= 0.3 is 6.16 Å². The van der Waals surface area contributed by atoms with E-state index in [0.29, 0.717) is 19.4 Å². The number of hydrogen-bond donors (Lipinski definition) is 1. The molecular formula is C27H44O5. The van der Waals surface area contributed by atoms with Crippen molar-refractivity contribution in [2.24, 2.45) is 11.3 Å². The highest BCUT2D eigenvalue weighted by atomic mass is 16.7. The van der Waals surface area contributed by atoms with E-state index in [9.17, 15) is 9.90 Å². The third-order valence-electron chi connectivity index (χ3n) is 6.86. The van der Waals surface area contributed by atoms with E-state index in [2.05, 4.69) is 39.5 Å². The van der Waals surface area contributed by atoms with Crippen molar-refractivity contribution in [1.82, 2.24) is 0 Å². The maximum absolute atomic E-state index is 12.5. The van der Waals surface area contributed by atoms with Gasteiger partial charge in [-0.2, -0.15) is 0 Å². The van der Waals surface area contributed by atoms with Crippen molar-refractivity contribution in [2.45, 2.75) is 91.5 Å². The zero-order valence-corrected chi connectivity index (χ0v) is 21.1. The number of hydrogen-bond acceptors (Lipinski definition) is 5. The highest BCUT2D eigenvalue weighted by Crippen LogP contribution is 2.45. The minimum Gasteiger partial charge on any atom is -0.434 e. The number of ether oxygens (including phenoxy) is 3. The molecule has 0 heterocycles. The molecule has 0 aliphatic carbocycles. The van der Waals surface area contributed by atoms with E-state index < -0.39 is 23.3 Å². The van der Waals surface area contributed by atoms with E-state index in [1.165, 1.54) is 5.56 Å². The molecule has 0 fully saturated rings. The lowest BCUT2D eigenvalue weighted by atomic mass is 9.67. The smallest absolute Gasteiger partial charge is 0.434 e. The van der Waals surface area contributed by atoms with Crippen molar-refractivity contribution in [1.29, 1.82) is 0 Å². The summed E-state index contributed by atoms with van der Waals surface area (Å²) in [6, 6.07) is 10.3. The summed E-state index contributed by atoms with van der Waals surface area (Å²) in [5.74, 6) is -0.161. The summed E-state index contributed by atoms with van der Waals surface area (Å²) >= 11 is 0. The molecule has 0 bridgehead atoms. The molecular weight excluding hydrogens is 404 g/mol. The van der Waals surface area contributed by atoms with Crippen LogP contribution in [0.3, 0.4) is 0 Å². The fourth-order valence-corrected chi connectivity index (χ4v) is 4.00. The molecule has 0 aliphatic rings. The summed E-state index contributed by atoms with van der Waals surface area (Å²) in [6.45, 7) is 18.4. The third-order valence-corrected chi connectivity index (χ3v) is 6.86. The molecule has 1 aromatic rings. The van der Waals surface area contributed by atoms with Gasteiger partial charge in [0.25, 0.3) is 0 Å². The van der Waals surface area contributed by atoms with Crippen molar-refractivity contribution in [3.8, 4) is 0 Å². The lowest BCUT2D eigenvalue weighted by Gasteiger charge is -2.45. The molecule has 4 atom stereocenters. The van der Waals surface area contributed by atoms with Gasteiger partial charge in [0, 0.05) is 24.4 Å². The monoisotopic (exact) mass is 448 g/mol. The fraction of sp³-hybridized carbons (Fsp3) is 0.667. The van der Waals surface area contributed by atoms with Gasteiger partial charge in [-0.05, 0) is 52.5 Å². The molecule has 5 heteroatoms. The first-order valence-corrected chi connectivity index (χ1v) is 11.8. The van der Waals surface area contributed by atoms with E-state index in [1.54, 1.807) is 6.92 Å². The lowest BCUT2D eigenvalue weighted by molar-refractivity contribution is -0.109. The average Bonchev–Trinajstić information content (AvgIpc) is 2.75. The van der Waals surface area contributed by atoms with E-state index in [0.717, 1.165) is 12.8 Å². The Morgan fingerprint density at radius 2 is 1.75 bits per heavy atom. The average molecular weight is 449 g/mol. The van der Waals surface area contributed by atoms with E-state index in [1.807, 2.05) is 45.0 Å². The second kappa shape index (κ2) is 12.4. The molecule has 0 aromatic heterocycles. The van der Waals surface area contributed by atoms with Crippen LogP contribution in [-0.2, 0) is 20.6 Å². The normalized spacial score (nSPS) is 17.5. The zero-order valence-electron chi connectivity index (χ0n) is 21.1. The summed E-state index contributed by atoms with van der Waals surface area (Å²) in [6.07, 6.45) is 3.48. The van der Waals surface area contributed by atoms with Crippen LogP contribution in [0.1, 0.15) is 73.3 Å². The van der Waals surface area contributed by atoms with Gasteiger partial charge in [0.2, 0.25) is 0 Å². The predicted octanol–water partition coefficient (Wildman–Crippen LogP) is 6.34. The van der Waals surface area contributed by atoms with Gasteiger partial charge in [-0.1, -0.05) is 57.2 Å². The number of carbonyl (C=O) groups is 1. The number of carbonyl (C=O) groups excluding carboxylic acids is 1. The Bertz CT molecular complexity index is 699. The van der Waals surface area contributed by atoms with E-state index in [-0.39, 0.29) is 18.1 Å². The molecule has 4 unspecified atom stereocenters. The van der Waals surface area contributed by atoms with E-state index >= 15 is 0 Å². The maximum atomic E-state index is 12.5. The Labute approximate surface area is 195 Å². The quantitative estimate of drug-likeness (QED) is 0.266. The summed E-state index contributed by atoms with van der Waals surface area (Å²) in [5.41, 5.74) is -0.332. The minimum absolute atomic E-state index is 0.111. The number of aliphatic hydroxyl groups excluding tert-OH is 1. The molecule has 0 saturated heterocycles. The van der Waals surface area contributed by atoms with Gasteiger partial charge in [0.05, 0.1) is 18.3 Å². The Balaban J connectivity index is 2.82. The number of benzene rings is 1. The third kappa shape index (κ3) is 7.93. The van der Waals surface area contributed by atoms with Crippen LogP contribution in [0.4, 0.5) is 4.79 Å². The summed E-state index contributed by atoms with van der Waals surface area (Å²) in [4.78, 5) is 12.5. The summed E-state index contributed by atoms with van der Waals surface area (Å²) in [7, 11) is 0. The van der Waals surface area contributed by atoms with Gasteiger partial charge in [-0.3, -0.25) is 0 Å². The molecule has 1 N–H and O–H groups in total. The van der Waals surface area contributed by atoms with Crippen molar-refractivity contribution >= 4 is 6.16 Å². The Morgan fingerprint density at radius 3 is 2.25 bits per heavy atom. The molecule has 0 aliphatic heterocycles. The van der Waals surface area contributed by atoms with Crippen LogP contribution in [0.5, 0.6) is 0 Å². The van der Waals surface area contributed by atoms with Crippen molar-refractivity contribution < 1.29 is 24.1 Å². The predicted molar refractivity (Wildman–Crippen MR) is 130 cm³/mol. The highest BCUT2D eigenvalue weighted by Gasteiger charge is 2.47. The van der Waals surface area contributed by atoms with Crippen molar-refractivity contribution in [3.63, 3.8) is 0 Å². The Morgan fingerprint density at radius 1 is 1.12 bits per heavy atom. The van der Waals surface area contributed by atoms with Crippen LogP contribution in [0.25, 0.3) is 0 Å². The molecule has 0 amide bonds. The van der Waals surface area contributed by atoms with Crippen LogP contribution in [0, 0.1) is 11.3 Å². The van der Waals surface area contributed by atoms with E-state index in [4.69, 9.17) is 14.2 Å². The van der Waals surface area contributed by atoms with Crippen molar-refractivity contribution in [3.05, 3.63) is 48.6 Å². The van der Waals surface area contributed by atoms with Gasteiger partial charge < -0.3 is 19.3 Å². The number of aliphatic hydroxyl groups is 1. The first-order valence-electron chi connectivity index (χ1n) is 11.8. The minimum atomic E-state index is -0.790. The van der Waals surface area contributed by atoms with Gasteiger partial charge in [-0.25, -0.2) is 4.79 Å². The summed E-state index contributed by atoms with van der Waals surface area (Å²) < 4.78 is 17.5. The molecule has 182 valence electrons. The molecule has 5 nitrogen and oxygen atoms in total. The maximum Gasteiger partial charge on any atom is 0.508 e. The van der Waals surface area contributed by atoms with Gasteiger partial charge in [0.15, 0.2) is 0 Å². The molecule has 1 rings (SSSR count). The Hall–Kier alpha value is -1.85. The van der Waals surface area contributed by atoms with Crippen LogP contribution in [0.15, 0.2) is 43.0 Å². The standard InChI is InChI=1S/C27H44O5/c1-9-26(8,32-24(29)30-20-21(4)22(5)28)27(10-2,11-3)17-18-31-25(6,7)19-23-15-13-12-14-16-23/h10,12-16,21-22,28H,2,9,11,17-20H2,1,3-8H3. The molecule has 0 radical (unpaired) electrons. The zero-order chi connectivity index (χ0) is 24.4. The van der Waals surface area contributed by atoms with Gasteiger partial charge in [0.1, 0.15) is 5.60 Å². The first kappa shape index (κ1) is 28.2. The van der Waals surface area contributed by atoms with Crippen molar-refractivity contribution in [2.75, 3.05) is 13.2 Å². The topological polar surface area (TPSA) is 65.0 Å². The van der Waals surface area contributed by atoms with Crippen LogP contribution in [-0.4, -0.2) is 41.8 Å². The number of rotatable bonds is 14. The second-order valence-corrected chi connectivity index (χ2v) is 9.70.